The standard InChI is InChI=1S/C20H24N3OP/c1-2-3-14-23-20(19-21-15-16-22-19)25(24,17-10-6-4-7-11-17)18-12-8-5-9-13-18/h4-13,15-16,20,23H,2-3,14H2,1H3,(H,21,22). The molecule has 1 unspecified atom stereocenters. The number of hydrogen-bond acceptors (Lipinski definition) is 3. The van der Waals surface area contributed by atoms with Crippen LogP contribution in [0, 0.1) is 0 Å². The van der Waals surface area contributed by atoms with Gasteiger partial charge < -0.3 is 14.9 Å². The monoisotopic (exact) mass is 353 g/mol. The van der Waals surface area contributed by atoms with Gasteiger partial charge in [0.1, 0.15) is 11.6 Å². The number of rotatable bonds is 8. The maximum atomic E-state index is 14.5. The van der Waals surface area contributed by atoms with E-state index in [4.69, 9.17) is 0 Å². The minimum absolute atomic E-state index is 0.376. The van der Waals surface area contributed by atoms with Crippen LogP contribution in [0.3, 0.4) is 0 Å². The molecule has 130 valence electrons. The van der Waals surface area contributed by atoms with Gasteiger partial charge in [-0.15, -0.1) is 0 Å². The first-order chi connectivity index (χ1) is 12.3. The van der Waals surface area contributed by atoms with E-state index in [1.807, 2.05) is 60.7 Å². The Morgan fingerprint density at radius 2 is 1.64 bits per heavy atom. The molecule has 0 radical (unpaired) electrons. The van der Waals surface area contributed by atoms with Gasteiger partial charge in [0.2, 0.25) is 0 Å². The normalized spacial score (nSPS) is 12.8. The summed E-state index contributed by atoms with van der Waals surface area (Å²) in [7, 11) is -2.97. The molecule has 1 aromatic heterocycles. The molecular weight excluding hydrogens is 329 g/mol. The van der Waals surface area contributed by atoms with Crippen LogP contribution in [0.5, 0.6) is 0 Å². The number of imidazole rings is 1. The molecule has 0 bridgehead atoms. The van der Waals surface area contributed by atoms with Gasteiger partial charge in [0.25, 0.3) is 0 Å². The van der Waals surface area contributed by atoms with Crippen LogP contribution in [-0.4, -0.2) is 16.5 Å². The van der Waals surface area contributed by atoms with Gasteiger partial charge in [-0.25, -0.2) is 4.98 Å². The predicted molar refractivity (Wildman–Crippen MR) is 104 cm³/mol. The van der Waals surface area contributed by atoms with Crippen LogP contribution in [-0.2, 0) is 4.57 Å². The lowest BCUT2D eigenvalue weighted by molar-refractivity contribution is 0.546. The first-order valence-corrected chi connectivity index (χ1v) is 10.5. The molecule has 2 aromatic carbocycles. The summed E-state index contributed by atoms with van der Waals surface area (Å²) in [4.78, 5) is 7.59. The largest absolute Gasteiger partial charge is 0.347 e. The summed E-state index contributed by atoms with van der Waals surface area (Å²) in [6.45, 7) is 2.95. The number of nitrogens with one attached hydrogen (secondary N) is 2. The molecule has 0 saturated heterocycles. The van der Waals surface area contributed by atoms with Crippen LogP contribution >= 0.6 is 7.14 Å². The molecule has 3 aromatic rings. The van der Waals surface area contributed by atoms with E-state index >= 15 is 0 Å². The zero-order chi connectivity index (χ0) is 17.5. The summed E-state index contributed by atoms with van der Waals surface area (Å²) in [5.74, 6) is 0.339. The van der Waals surface area contributed by atoms with Crippen LogP contribution < -0.4 is 15.9 Å². The third kappa shape index (κ3) is 3.76. The molecule has 0 fully saturated rings. The van der Waals surface area contributed by atoms with E-state index in [1.165, 1.54) is 0 Å². The van der Waals surface area contributed by atoms with Crippen molar-refractivity contribution in [2.45, 2.75) is 25.5 Å². The molecule has 0 saturated carbocycles. The van der Waals surface area contributed by atoms with Crippen molar-refractivity contribution >= 4 is 17.8 Å². The molecule has 0 amide bonds. The van der Waals surface area contributed by atoms with E-state index in [2.05, 4.69) is 22.2 Å². The molecule has 2 N–H and O–H groups in total. The molecule has 1 heterocycles. The van der Waals surface area contributed by atoms with E-state index in [0.717, 1.165) is 30.0 Å². The average Bonchev–Trinajstić information content (AvgIpc) is 3.20. The van der Waals surface area contributed by atoms with Gasteiger partial charge in [0, 0.05) is 23.0 Å². The molecule has 3 rings (SSSR count). The third-order valence-corrected chi connectivity index (χ3v) is 7.57. The Labute approximate surface area is 149 Å². The topological polar surface area (TPSA) is 57.8 Å². The van der Waals surface area contributed by atoms with Gasteiger partial charge in [-0.2, -0.15) is 0 Å². The zero-order valence-electron chi connectivity index (χ0n) is 14.4. The smallest absolute Gasteiger partial charge is 0.166 e. The van der Waals surface area contributed by atoms with E-state index in [9.17, 15) is 4.57 Å². The Morgan fingerprint density at radius 3 is 2.12 bits per heavy atom. The highest BCUT2D eigenvalue weighted by Crippen LogP contribution is 2.54. The van der Waals surface area contributed by atoms with E-state index in [1.54, 1.807) is 12.4 Å². The van der Waals surface area contributed by atoms with Crippen molar-refractivity contribution in [1.82, 2.24) is 15.3 Å². The van der Waals surface area contributed by atoms with E-state index in [-0.39, 0.29) is 5.78 Å². The van der Waals surface area contributed by atoms with Crippen LogP contribution in [0.4, 0.5) is 0 Å². The second-order valence-electron chi connectivity index (χ2n) is 6.01. The molecule has 5 heteroatoms. The first kappa shape index (κ1) is 17.7. The van der Waals surface area contributed by atoms with E-state index < -0.39 is 7.14 Å². The highest BCUT2D eigenvalue weighted by atomic mass is 31.2. The number of aromatic nitrogens is 2. The lowest BCUT2D eigenvalue weighted by Gasteiger charge is -2.28. The summed E-state index contributed by atoms with van der Waals surface area (Å²) in [5.41, 5.74) is 0. The molecule has 0 aliphatic carbocycles. The molecule has 0 aliphatic heterocycles. The van der Waals surface area contributed by atoms with Gasteiger partial charge in [0.05, 0.1) is 0 Å². The summed E-state index contributed by atoms with van der Waals surface area (Å²) < 4.78 is 14.5. The van der Waals surface area contributed by atoms with Gasteiger partial charge in [-0.3, -0.25) is 0 Å². The minimum atomic E-state index is -2.97. The van der Waals surface area contributed by atoms with Gasteiger partial charge >= 0.3 is 0 Å². The van der Waals surface area contributed by atoms with Crippen LogP contribution in [0.25, 0.3) is 0 Å². The molecule has 25 heavy (non-hydrogen) atoms. The fourth-order valence-electron chi connectivity index (χ4n) is 2.99. The summed E-state index contributed by atoms with van der Waals surface area (Å²) >= 11 is 0. The predicted octanol–water partition coefficient (Wildman–Crippen LogP) is 3.81. The SMILES string of the molecule is CCCCNC(c1ncc[nH]1)P(=O)(c1ccccc1)c1ccccc1. The maximum Gasteiger partial charge on any atom is 0.166 e. The summed E-state index contributed by atoms with van der Waals surface area (Å²) in [6.07, 6.45) is 5.61. The lowest BCUT2D eigenvalue weighted by atomic mass is 10.3. The number of H-pyrrole nitrogens is 1. The average molecular weight is 353 g/mol. The first-order valence-electron chi connectivity index (χ1n) is 8.70. The second-order valence-corrected chi connectivity index (χ2v) is 8.88. The number of unbranched alkanes of at least 4 members (excludes halogenated alkanes) is 1. The quantitative estimate of drug-likeness (QED) is 0.478. The van der Waals surface area contributed by atoms with Crippen LogP contribution in [0.15, 0.2) is 73.1 Å². The van der Waals surface area contributed by atoms with Crippen LogP contribution in [0.1, 0.15) is 31.4 Å². The third-order valence-electron chi connectivity index (χ3n) is 4.29. The molecule has 4 nitrogen and oxygen atoms in total. The summed E-state index contributed by atoms with van der Waals surface area (Å²) in [5, 5.41) is 5.18. The van der Waals surface area contributed by atoms with Crippen molar-refractivity contribution in [3.05, 3.63) is 78.9 Å². The molecule has 1 atom stereocenters. The van der Waals surface area contributed by atoms with Gasteiger partial charge in [-0.1, -0.05) is 74.0 Å². The Bertz CT molecular complexity index is 760. The number of hydrogen-bond donors (Lipinski definition) is 2. The fourth-order valence-corrected chi connectivity index (χ4v) is 5.98. The van der Waals surface area contributed by atoms with Crippen molar-refractivity contribution in [3.63, 3.8) is 0 Å². The zero-order valence-corrected chi connectivity index (χ0v) is 15.3. The Kier molecular flexibility index (Phi) is 5.85. The number of aromatic amines is 1. The summed E-state index contributed by atoms with van der Waals surface area (Å²) in [6, 6.07) is 19.5. The van der Waals surface area contributed by atoms with Crippen molar-refractivity contribution in [2.75, 3.05) is 6.54 Å². The van der Waals surface area contributed by atoms with Crippen molar-refractivity contribution in [3.8, 4) is 0 Å². The van der Waals surface area contributed by atoms with Crippen LogP contribution in [0.2, 0.25) is 0 Å². The maximum absolute atomic E-state index is 14.5. The molecule has 0 spiro atoms. The van der Waals surface area contributed by atoms with Gasteiger partial charge in [-0.05, 0) is 13.0 Å². The minimum Gasteiger partial charge on any atom is -0.347 e. The number of nitrogens with zero attached hydrogens (tertiary/aromatic N) is 1. The Balaban J connectivity index is 2.12. The van der Waals surface area contributed by atoms with Crippen molar-refractivity contribution in [1.29, 1.82) is 0 Å². The van der Waals surface area contributed by atoms with Crippen molar-refractivity contribution < 1.29 is 4.57 Å². The highest BCUT2D eigenvalue weighted by Gasteiger charge is 2.38. The fraction of sp³-hybridized carbons (Fsp3) is 0.250. The second kappa shape index (κ2) is 8.28. The van der Waals surface area contributed by atoms with Crippen molar-refractivity contribution in [2.24, 2.45) is 0 Å². The highest BCUT2D eigenvalue weighted by molar-refractivity contribution is 7.78. The molecular formula is C20H24N3OP. The van der Waals surface area contributed by atoms with Gasteiger partial charge in [0.15, 0.2) is 7.14 Å². The Morgan fingerprint density at radius 1 is 1.04 bits per heavy atom. The molecule has 0 aliphatic rings. The Hall–Kier alpha value is -2.16. The lowest BCUT2D eigenvalue weighted by Crippen LogP contribution is -2.31. The van der Waals surface area contributed by atoms with E-state index in [0.29, 0.717) is 5.82 Å². The number of benzene rings is 2.